The number of anilines is 1. The Bertz CT molecular complexity index is 1400. The SMILES string of the molecule is CC1CCC(C)N1Cc1cc(N(C)C)c2c(c1O)C(=O)C1=C(O)[C@]3(O)C(=O)C(C(N)=O)=C(O)C(N(C)C)[C@@H]3C[C@@H]1C2. The molecule has 0 aromatic heterocycles. The van der Waals surface area contributed by atoms with E-state index in [1.807, 2.05) is 25.1 Å². The molecule has 4 aliphatic rings. The number of likely N-dealkylation sites (N-methyl/N-ethyl adjacent to an activating group) is 1. The molecule has 3 unspecified atom stereocenters. The molecule has 41 heavy (non-hydrogen) atoms. The predicted molar refractivity (Wildman–Crippen MR) is 152 cm³/mol. The number of phenolic OH excluding ortho intramolecular Hbond substituents is 1. The zero-order chi connectivity index (χ0) is 30.3. The Morgan fingerprint density at radius 3 is 2.24 bits per heavy atom. The number of carbonyl (C=O) groups is 3. The molecule has 1 heterocycles. The zero-order valence-electron chi connectivity index (χ0n) is 24.4. The second-order valence-corrected chi connectivity index (χ2v) is 12.6. The molecule has 11 heteroatoms. The molecule has 3 aliphatic carbocycles. The number of primary amides is 1. The van der Waals surface area contributed by atoms with E-state index >= 15 is 0 Å². The fraction of sp³-hybridized carbons (Fsp3) is 0.567. The third kappa shape index (κ3) is 4.08. The molecular weight excluding hydrogens is 528 g/mol. The topological polar surface area (TPSA) is 168 Å². The number of carbonyl (C=O) groups excluding carboxylic acids is 3. The second kappa shape index (κ2) is 9.85. The van der Waals surface area contributed by atoms with Crippen molar-refractivity contribution in [3.8, 4) is 5.75 Å². The van der Waals surface area contributed by atoms with E-state index < -0.39 is 58.0 Å². The van der Waals surface area contributed by atoms with Crippen LogP contribution in [0.3, 0.4) is 0 Å². The number of phenols is 1. The maximum absolute atomic E-state index is 14.2. The first-order valence-electron chi connectivity index (χ1n) is 14.1. The Hall–Kier alpha value is -3.41. The van der Waals surface area contributed by atoms with Crippen LogP contribution in [0.15, 0.2) is 28.7 Å². The van der Waals surface area contributed by atoms with E-state index in [4.69, 9.17) is 5.73 Å². The molecule has 222 valence electrons. The normalized spacial score (nSPS) is 31.9. The van der Waals surface area contributed by atoms with Gasteiger partial charge in [0.05, 0.1) is 11.6 Å². The summed E-state index contributed by atoms with van der Waals surface area (Å²) in [5, 5.41) is 45.8. The van der Waals surface area contributed by atoms with E-state index in [2.05, 4.69) is 18.7 Å². The van der Waals surface area contributed by atoms with Crippen LogP contribution in [0.2, 0.25) is 0 Å². The first-order chi connectivity index (χ1) is 19.1. The Morgan fingerprint density at radius 1 is 1.10 bits per heavy atom. The zero-order valence-corrected chi connectivity index (χ0v) is 24.4. The highest BCUT2D eigenvalue weighted by molar-refractivity contribution is 6.25. The molecule has 6 N–H and O–H groups in total. The van der Waals surface area contributed by atoms with Gasteiger partial charge in [0.1, 0.15) is 22.8 Å². The smallest absolute Gasteiger partial charge is 0.255 e. The summed E-state index contributed by atoms with van der Waals surface area (Å²) in [6.07, 6.45) is 2.39. The molecule has 11 nitrogen and oxygen atoms in total. The minimum atomic E-state index is -2.65. The number of Topliss-reactive ketones (excluding diaryl/α,β-unsaturated/α-hetero) is 2. The number of amides is 1. The van der Waals surface area contributed by atoms with Crippen molar-refractivity contribution in [1.29, 1.82) is 0 Å². The fourth-order valence-corrected chi connectivity index (χ4v) is 7.63. The third-order valence-corrected chi connectivity index (χ3v) is 9.75. The van der Waals surface area contributed by atoms with Gasteiger partial charge < -0.3 is 31.1 Å². The van der Waals surface area contributed by atoms with E-state index in [-0.39, 0.29) is 29.7 Å². The van der Waals surface area contributed by atoms with E-state index in [1.54, 1.807) is 19.0 Å². The summed E-state index contributed by atoms with van der Waals surface area (Å²) in [5.74, 6) is -6.42. The van der Waals surface area contributed by atoms with E-state index in [9.17, 15) is 34.8 Å². The number of likely N-dealkylation sites (tertiary alicyclic amines) is 1. The standard InChI is InChI=1S/C30H40N4O7/c1-13-7-8-14(2)34(13)12-16-11-19(32(3)4)17-9-15-10-18-23(33(5)6)26(37)22(29(31)40)28(39)30(18,41)27(38)20(15)25(36)21(17)24(16)35/h11,13-15,18,23,35,37-38,41H,7-10,12H2,1-6H3,(H2,31,40)/t13?,14?,15-,18-,23?,30-/m0/s1. The maximum atomic E-state index is 14.2. The van der Waals surface area contributed by atoms with E-state index in [1.165, 1.54) is 0 Å². The van der Waals surface area contributed by atoms with Crippen molar-refractivity contribution in [2.45, 2.75) is 69.8 Å². The Kier molecular flexibility index (Phi) is 6.99. The van der Waals surface area contributed by atoms with Crippen molar-refractivity contribution < 1.29 is 34.8 Å². The summed E-state index contributed by atoms with van der Waals surface area (Å²) >= 11 is 0. The van der Waals surface area contributed by atoms with Gasteiger partial charge >= 0.3 is 0 Å². The number of rotatable bonds is 5. The van der Waals surface area contributed by atoms with Gasteiger partial charge in [0.2, 0.25) is 5.78 Å². The van der Waals surface area contributed by atoms with Crippen molar-refractivity contribution in [3.63, 3.8) is 0 Å². The quantitative estimate of drug-likeness (QED) is 0.329. The number of nitrogens with zero attached hydrogens (tertiary/aromatic N) is 3. The van der Waals surface area contributed by atoms with Crippen molar-refractivity contribution in [2.75, 3.05) is 33.1 Å². The number of aromatic hydroxyl groups is 1. The molecular formula is C30H40N4O7. The maximum Gasteiger partial charge on any atom is 0.255 e. The average Bonchev–Trinajstić information content (AvgIpc) is 3.19. The molecule has 0 bridgehead atoms. The first-order valence-corrected chi connectivity index (χ1v) is 14.1. The Balaban J connectivity index is 1.69. The van der Waals surface area contributed by atoms with Crippen LogP contribution >= 0.6 is 0 Å². The molecule has 1 aliphatic heterocycles. The van der Waals surface area contributed by atoms with Crippen LogP contribution in [0.4, 0.5) is 5.69 Å². The van der Waals surface area contributed by atoms with Crippen LogP contribution in [-0.4, -0.2) is 99.6 Å². The lowest BCUT2D eigenvalue weighted by Crippen LogP contribution is -2.63. The van der Waals surface area contributed by atoms with Crippen molar-refractivity contribution in [1.82, 2.24) is 9.80 Å². The van der Waals surface area contributed by atoms with Crippen molar-refractivity contribution in [2.24, 2.45) is 17.6 Å². The minimum Gasteiger partial charge on any atom is -0.510 e. The lowest BCUT2D eigenvalue weighted by molar-refractivity contribution is -0.148. The molecule has 5 rings (SSSR count). The van der Waals surface area contributed by atoms with Crippen LogP contribution in [0.5, 0.6) is 5.75 Å². The lowest BCUT2D eigenvalue weighted by atomic mass is 9.58. The van der Waals surface area contributed by atoms with Gasteiger partial charge in [0, 0.05) is 55.5 Å². The summed E-state index contributed by atoms with van der Waals surface area (Å²) < 4.78 is 0. The predicted octanol–water partition coefficient (Wildman–Crippen LogP) is 1.56. The molecule has 1 fully saturated rings. The number of ketones is 2. The van der Waals surface area contributed by atoms with Crippen molar-refractivity contribution in [3.05, 3.63) is 45.4 Å². The highest BCUT2D eigenvalue weighted by Crippen LogP contribution is 2.53. The first kappa shape index (κ1) is 29.1. The Morgan fingerprint density at radius 2 is 1.71 bits per heavy atom. The summed E-state index contributed by atoms with van der Waals surface area (Å²) in [4.78, 5) is 45.6. The summed E-state index contributed by atoms with van der Waals surface area (Å²) in [6, 6.07) is 1.51. The molecule has 0 spiro atoms. The van der Waals surface area contributed by atoms with Gasteiger partial charge in [-0.3, -0.25) is 24.2 Å². The summed E-state index contributed by atoms with van der Waals surface area (Å²) in [6.45, 7) is 4.71. The van der Waals surface area contributed by atoms with E-state index in [0.29, 0.717) is 29.8 Å². The highest BCUT2D eigenvalue weighted by atomic mass is 16.3. The second-order valence-electron chi connectivity index (χ2n) is 12.6. The number of fused-ring (bicyclic) bond motifs is 3. The molecule has 0 radical (unpaired) electrons. The average molecular weight is 569 g/mol. The lowest BCUT2D eigenvalue weighted by Gasteiger charge is -2.50. The minimum absolute atomic E-state index is 0.0477. The number of allylic oxidation sites excluding steroid dienone is 1. The van der Waals surface area contributed by atoms with E-state index in [0.717, 1.165) is 18.5 Å². The highest BCUT2D eigenvalue weighted by Gasteiger charge is 2.63. The van der Waals surface area contributed by atoms with Crippen LogP contribution in [0, 0.1) is 11.8 Å². The third-order valence-electron chi connectivity index (χ3n) is 9.75. The Labute approximate surface area is 239 Å². The summed E-state index contributed by atoms with van der Waals surface area (Å²) in [7, 11) is 6.94. The monoisotopic (exact) mass is 568 g/mol. The van der Waals surface area contributed by atoms with Gasteiger partial charge in [-0.25, -0.2) is 0 Å². The van der Waals surface area contributed by atoms with Crippen molar-refractivity contribution >= 4 is 23.2 Å². The number of aliphatic hydroxyl groups excluding tert-OH is 2. The number of hydrogen-bond donors (Lipinski definition) is 5. The number of hydrogen-bond acceptors (Lipinski definition) is 10. The molecule has 0 saturated carbocycles. The van der Waals surface area contributed by atoms with Crippen LogP contribution in [-0.2, 0) is 22.6 Å². The number of benzene rings is 1. The van der Waals surface area contributed by atoms with Crippen LogP contribution in [0.25, 0.3) is 0 Å². The van der Waals surface area contributed by atoms with Gasteiger partial charge in [0.25, 0.3) is 5.91 Å². The van der Waals surface area contributed by atoms with Crippen LogP contribution in [0.1, 0.15) is 54.6 Å². The van der Waals surface area contributed by atoms with Gasteiger partial charge in [0.15, 0.2) is 11.4 Å². The van der Waals surface area contributed by atoms with Crippen LogP contribution < -0.4 is 10.6 Å². The number of aliphatic hydroxyl groups is 3. The summed E-state index contributed by atoms with van der Waals surface area (Å²) in [5.41, 5.74) is 3.82. The fourth-order valence-electron chi connectivity index (χ4n) is 7.63. The molecule has 1 aromatic rings. The van der Waals surface area contributed by atoms with Gasteiger partial charge in [-0.1, -0.05) is 0 Å². The molecule has 1 amide bonds. The van der Waals surface area contributed by atoms with Gasteiger partial charge in [-0.05, 0) is 71.2 Å². The number of nitrogens with two attached hydrogens (primary N) is 1. The van der Waals surface area contributed by atoms with Gasteiger partial charge in [-0.15, -0.1) is 0 Å². The molecule has 6 atom stereocenters. The largest absolute Gasteiger partial charge is 0.510 e. The molecule has 1 saturated heterocycles. The molecule has 1 aromatic carbocycles. The van der Waals surface area contributed by atoms with Gasteiger partial charge in [-0.2, -0.15) is 0 Å².